The molecule has 1 aliphatic heterocycles. The Bertz CT molecular complexity index is 423. The third-order valence-corrected chi connectivity index (χ3v) is 7.27. The number of aliphatic hydroxyl groups excluding tert-OH is 1. The number of amidine groups is 1. The minimum atomic E-state index is 0.260. The summed E-state index contributed by atoms with van der Waals surface area (Å²) in [6, 6.07) is 0.260. The molecule has 1 N–H and O–H groups in total. The summed E-state index contributed by atoms with van der Waals surface area (Å²) < 4.78 is 0. The molecule has 5 aliphatic rings. The Kier molecular flexibility index (Phi) is 4.42. The molecule has 1 atom stereocenters. The average Bonchev–Trinajstić information content (AvgIpc) is 2.91. The SMILES string of the molecule is CCCCC1=NCC(CO)N1CCC12CC3CC(CC(C3)C1)C2. The molecule has 0 aromatic heterocycles. The zero-order chi connectivity index (χ0) is 15.9. The van der Waals surface area contributed by atoms with Crippen LogP contribution in [0.5, 0.6) is 0 Å². The predicted octanol–water partition coefficient (Wildman–Crippen LogP) is 3.86. The topological polar surface area (TPSA) is 35.8 Å². The van der Waals surface area contributed by atoms with E-state index in [1.54, 1.807) is 0 Å². The number of rotatable bonds is 7. The van der Waals surface area contributed by atoms with Gasteiger partial charge in [0, 0.05) is 13.0 Å². The molecule has 0 saturated heterocycles. The Labute approximate surface area is 141 Å². The van der Waals surface area contributed by atoms with E-state index in [2.05, 4.69) is 11.8 Å². The van der Waals surface area contributed by atoms with Gasteiger partial charge in [-0.1, -0.05) is 13.3 Å². The molecule has 4 saturated carbocycles. The highest BCUT2D eigenvalue weighted by molar-refractivity contribution is 5.84. The van der Waals surface area contributed by atoms with Crippen LogP contribution >= 0.6 is 0 Å². The van der Waals surface area contributed by atoms with Gasteiger partial charge in [-0.15, -0.1) is 0 Å². The van der Waals surface area contributed by atoms with Crippen molar-refractivity contribution in [2.24, 2.45) is 28.2 Å². The van der Waals surface area contributed by atoms with Gasteiger partial charge >= 0.3 is 0 Å². The summed E-state index contributed by atoms with van der Waals surface area (Å²) in [4.78, 5) is 7.23. The lowest BCUT2D eigenvalue weighted by Crippen LogP contribution is -2.48. The lowest BCUT2D eigenvalue weighted by atomic mass is 9.49. The maximum Gasteiger partial charge on any atom is 0.0993 e. The summed E-state index contributed by atoms with van der Waals surface area (Å²) in [5, 5.41) is 9.73. The number of nitrogens with zero attached hydrogens (tertiary/aromatic N) is 2. The first kappa shape index (κ1) is 15.9. The molecule has 0 aromatic carbocycles. The van der Waals surface area contributed by atoms with Crippen molar-refractivity contribution in [2.75, 3.05) is 19.7 Å². The van der Waals surface area contributed by atoms with Gasteiger partial charge in [-0.2, -0.15) is 0 Å². The minimum absolute atomic E-state index is 0.260. The van der Waals surface area contributed by atoms with Gasteiger partial charge in [0.15, 0.2) is 0 Å². The molecule has 0 amide bonds. The largest absolute Gasteiger partial charge is 0.394 e. The van der Waals surface area contributed by atoms with Crippen LogP contribution in [0.3, 0.4) is 0 Å². The molecule has 3 heteroatoms. The zero-order valence-electron chi connectivity index (χ0n) is 14.8. The van der Waals surface area contributed by atoms with E-state index in [1.165, 1.54) is 63.6 Å². The summed E-state index contributed by atoms with van der Waals surface area (Å²) in [6.07, 6.45) is 14.0. The first-order valence-corrected chi connectivity index (χ1v) is 10.1. The van der Waals surface area contributed by atoms with Crippen molar-refractivity contribution in [2.45, 2.75) is 77.2 Å². The molecule has 1 unspecified atom stereocenters. The Morgan fingerprint density at radius 2 is 1.78 bits per heavy atom. The summed E-state index contributed by atoms with van der Waals surface area (Å²) in [5.74, 6) is 4.42. The van der Waals surface area contributed by atoms with Crippen molar-refractivity contribution >= 4 is 5.84 Å². The molecule has 4 bridgehead atoms. The molecule has 1 heterocycles. The first-order valence-electron chi connectivity index (χ1n) is 10.1. The minimum Gasteiger partial charge on any atom is -0.394 e. The number of hydrogen-bond acceptors (Lipinski definition) is 3. The molecule has 0 radical (unpaired) electrons. The van der Waals surface area contributed by atoms with E-state index in [-0.39, 0.29) is 12.6 Å². The van der Waals surface area contributed by atoms with Crippen molar-refractivity contribution in [3.05, 3.63) is 0 Å². The highest BCUT2D eigenvalue weighted by atomic mass is 16.3. The fourth-order valence-electron chi connectivity index (χ4n) is 6.59. The highest BCUT2D eigenvalue weighted by Crippen LogP contribution is 2.61. The van der Waals surface area contributed by atoms with Gasteiger partial charge in [-0.05, 0) is 74.5 Å². The molecule has 23 heavy (non-hydrogen) atoms. The molecular formula is C20H34N2O. The maximum atomic E-state index is 9.73. The average molecular weight is 319 g/mol. The van der Waals surface area contributed by atoms with Crippen LogP contribution in [0.4, 0.5) is 0 Å². The second-order valence-corrected chi connectivity index (χ2v) is 9.06. The van der Waals surface area contributed by atoms with Crippen molar-refractivity contribution < 1.29 is 5.11 Å². The smallest absolute Gasteiger partial charge is 0.0993 e. The summed E-state index contributed by atoms with van der Waals surface area (Å²) in [6.45, 7) is 4.47. The van der Waals surface area contributed by atoms with Crippen LogP contribution in [-0.2, 0) is 0 Å². The molecule has 0 aromatic rings. The number of aliphatic hydroxyl groups is 1. The van der Waals surface area contributed by atoms with Gasteiger partial charge in [0.05, 0.1) is 25.0 Å². The lowest BCUT2D eigenvalue weighted by Gasteiger charge is -2.57. The van der Waals surface area contributed by atoms with Crippen LogP contribution < -0.4 is 0 Å². The Hall–Kier alpha value is -0.570. The van der Waals surface area contributed by atoms with Gasteiger partial charge < -0.3 is 10.0 Å². The van der Waals surface area contributed by atoms with E-state index in [9.17, 15) is 5.11 Å². The number of hydrogen-bond donors (Lipinski definition) is 1. The normalized spacial score (nSPS) is 41.7. The highest BCUT2D eigenvalue weighted by Gasteiger charge is 2.50. The van der Waals surface area contributed by atoms with Crippen LogP contribution in [0.1, 0.15) is 71.1 Å². The zero-order valence-corrected chi connectivity index (χ0v) is 14.8. The second-order valence-electron chi connectivity index (χ2n) is 9.06. The third-order valence-electron chi connectivity index (χ3n) is 7.27. The summed E-state index contributed by atoms with van der Waals surface area (Å²) >= 11 is 0. The maximum absolute atomic E-state index is 9.73. The van der Waals surface area contributed by atoms with Gasteiger partial charge in [-0.3, -0.25) is 4.99 Å². The first-order chi connectivity index (χ1) is 11.2. The van der Waals surface area contributed by atoms with Gasteiger partial charge in [0.25, 0.3) is 0 Å². The van der Waals surface area contributed by atoms with Crippen LogP contribution in [0.25, 0.3) is 0 Å². The second kappa shape index (κ2) is 6.38. The molecular weight excluding hydrogens is 284 g/mol. The quantitative estimate of drug-likeness (QED) is 0.774. The predicted molar refractivity (Wildman–Crippen MR) is 94.6 cm³/mol. The van der Waals surface area contributed by atoms with Crippen LogP contribution in [0.15, 0.2) is 4.99 Å². The van der Waals surface area contributed by atoms with Crippen molar-refractivity contribution in [1.82, 2.24) is 4.90 Å². The Balaban J connectivity index is 1.40. The monoisotopic (exact) mass is 318 g/mol. The van der Waals surface area contributed by atoms with Gasteiger partial charge in [0.2, 0.25) is 0 Å². The van der Waals surface area contributed by atoms with Crippen LogP contribution in [0, 0.1) is 23.2 Å². The van der Waals surface area contributed by atoms with Crippen molar-refractivity contribution in [3.63, 3.8) is 0 Å². The molecule has 3 nitrogen and oxygen atoms in total. The van der Waals surface area contributed by atoms with Gasteiger partial charge in [0.1, 0.15) is 0 Å². The van der Waals surface area contributed by atoms with Gasteiger partial charge in [-0.25, -0.2) is 0 Å². The van der Waals surface area contributed by atoms with E-state index >= 15 is 0 Å². The fourth-order valence-corrected chi connectivity index (χ4v) is 6.59. The standard InChI is InChI=1S/C20H34N2O/c1-2-3-4-19-21-13-18(14-23)22(19)6-5-20-10-15-7-16(11-20)9-17(8-15)12-20/h15-18,23H,2-14H2,1H3. The molecule has 130 valence electrons. The molecule has 5 rings (SSSR count). The fraction of sp³-hybridized carbons (Fsp3) is 0.950. The number of aliphatic imine (C=N–C) groups is 1. The molecule has 0 spiro atoms. The molecule has 4 aliphatic carbocycles. The van der Waals surface area contributed by atoms with Crippen molar-refractivity contribution in [1.29, 1.82) is 0 Å². The van der Waals surface area contributed by atoms with Crippen LogP contribution in [-0.4, -0.2) is 41.6 Å². The van der Waals surface area contributed by atoms with E-state index in [0.717, 1.165) is 37.3 Å². The number of unbranched alkanes of at least 4 members (excludes halogenated alkanes) is 1. The van der Waals surface area contributed by atoms with E-state index < -0.39 is 0 Å². The Morgan fingerprint density at radius 3 is 2.35 bits per heavy atom. The molecule has 4 fully saturated rings. The van der Waals surface area contributed by atoms with Crippen LogP contribution in [0.2, 0.25) is 0 Å². The van der Waals surface area contributed by atoms with E-state index in [1.807, 2.05) is 0 Å². The summed E-state index contributed by atoms with van der Waals surface area (Å²) in [7, 11) is 0. The summed E-state index contributed by atoms with van der Waals surface area (Å²) in [5.41, 5.74) is 0.646. The lowest BCUT2D eigenvalue weighted by molar-refractivity contribution is -0.0600. The van der Waals surface area contributed by atoms with E-state index in [4.69, 9.17) is 4.99 Å². The van der Waals surface area contributed by atoms with Crippen molar-refractivity contribution in [3.8, 4) is 0 Å². The Morgan fingerprint density at radius 1 is 1.13 bits per heavy atom. The third kappa shape index (κ3) is 3.06. The van der Waals surface area contributed by atoms with E-state index in [0.29, 0.717) is 5.41 Å².